The highest BCUT2D eigenvalue weighted by molar-refractivity contribution is 6.30. The third-order valence-electron chi connectivity index (χ3n) is 6.21. The highest BCUT2D eigenvalue weighted by atomic mass is 35.5. The summed E-state index contributed by atoms with van der Waals surface area (Å²) in [6.07, 6.45) is 0.521. The molecule has 2 unspecified atom stereocenters. The number of amides is 1. The molecule has 9 heteroatoms. The summed E-state index contributed by atoms with van der Waals surface area (Å²) in [7, 11) is 0. The van der Waals surface area contributed by atoms with Crippen molar-refractivity contribution in [2.24, 2.45) is 11.8 Å². The Morgan fingerprint density at radius 3 is 2.09 bits per heavy atom. The van der Waals surface area contributed by atoms with Crippen molar-refractivity contribution >= 4 is 35.1 Å². The number of likely N-dealkylation sites (tertiary alicyclic amines) is 1. The van der Waals surface area contributed by atoms with Crippen LogP contribution in [0.4, 0.5) is 0 Å². The molecule has 4 rings (SSSR count). The number of esters is 1. The van der Waals surface area contributed by atoms with Crippen molar-refractivity contribution in [2.75, 3.05) is 32.9 Å². The number of nitrogens with one attached hydrogen (secondary N) is 1. The Labute approximate surface area is 209 Å². The van der Waals surface area contributed by atoms with Crippen LogP contribution in [0.1, 0.15) is 13.3 Å². The Bertz CT molecular complexity index is 974. The monoisotopic (exact) mass is 506 g/mol. The summed E-state index contributed by atoms with van der Waals surface area (Å²) in [6, 6.07) is 13.8. The van der Waals surface area contributed by atoms with Gasteiger partial charge < -0.3 is 19.5 Å². The van der Waals surface area contributed by atoms with E-state index in [9.17, 15) is 9.59 Å². The summed E-state index contributed by atoms with van der Waals surface area (Å²) in [5, 5.41) is 4.31. The molecular formula is C25H28Cl2N2O5. The van der Waals surface area contributed by atoms with Crippen LogP contribution in [0.2, 0.25) is 10.0 Å². The quantitative estimate of drug-likeness (QED) is 0.466. The van der Waals surface area contributed by atoms with Crippen molar-refractivity contribution in [2.45, 2.75) is 25.4 Å². The van der Waals surface area contributed by atoms with Crippen molar-refractivity contribution in [3.8, 4) is 11.5 Å². The van der Waals surface area contributed by atoms with Crippen LogP contribution in [0.25, 0.3) is 0 Å². The molecule has 7 nitrogen and oxygen atoms in total. The largest absolute Gasteiger partial charge is 0.494 e. The zero-order chi connectivity index (χ0) is 24.1. The summed E-state index contributed by atoms with van der Waals surface area (Å²) in [6.45, 7) is 3.95. The number of fused-ring (bicyclic) bond motifs is 1. The minimum absolute atomic E-state index is 0.0469. The van der Waals surface area contributed by atoms with Gasteiger partial charge in [-0.1, -0.05) is 23.2 Å². The third-order valence-corrected chi connectivity index (χ3v) is 6.71. The van der Waals surface area contributed by atoms with E-state index in [1.807, 2.05) is 0 Å². The zero-order valence-corrected chi connectivity index (χ0v) is 20.4. The molecule has 1 aliphatic carbocycles. The van der Waals surface area contributed by atoms with Gasteiger partial charge in [0.05, 0.1) is 13.2 Å². The van der Waals surface area contributed by atoms with Gasteiger partial charge in [0.1, 0.15) is 17.5 Å². The number of ether oxygens (including phenoxy) is 3. The lowest BCUT2D eigenvalue weighted by Crippen LogP contribution is -2.45. The second-order valence-electron chi connectivity index (χ2n) is 8.48. The van der Waals surface area contributed by atoms with Crippen LogP contribution in [-0.2, 0) is 14.3 Å². The van der Waals surface area contributed by atoms with E-state index < -0.39 is 0 Å². The van der Waals surface area contributed by atoms with Crippen molar-refractivity contribution in [3.05, 3.63) is 58.6 Å². The maximum atomic E-state index is 12.6. The summed E-state index contributed by atoms with van der Waals surface area (Å²) < 4.78 is 16.6. The van der Waals surface area contributed by atoms with E-state index in [4.69, 9.17) is 37.4 Å². The third kappa shape index (κ3) is 6.34. The molecule has 0 spiro atoms. The van der Waals surface area contributed by atoms with Gasteiger partial charge in [-0.2, -0.15) is 0 Å². The minimum Gasteiger partial charge on any atom is -0.494 e. The van der Waals surface area contributed by atoms with Gasteiger partial charge in [-0.15, -0.1) is 0 Å². The van der Waals surface area contributed by atoms with Gasteiger partial charge in [0.2, 0.25) is 0 Å². The number of piperidine rings is 1. The first-order valence-electron chi connectivity index (χ1n) is 11.4. The first-order valence-corrected chi connectivity index (χ1v) is 12.2. The van der Waals surface area contributed by atoms with Crippen LogP contribution in [0.15, 0.2) is 48.5 Å². The van der Waals surface area contributed by atoms with E-state index >= 15 is 0 Å². The molecular weight excluding hydrogens is 479 g/mol. The first-order chi connectivity index (χ1) is 16.4. The van der Waals surface area contributed by atoms with E-state index in [1.165, 1.54) is 0 Å². The SMILES string of the molecule is CCOC(=O)C(CCOc1ccc(Cl)cc1)N1C[C@@H]2C(NC(=O)COc3ccc(Cl)cc3)[C@@H]2C1. The maximum absolute atomic E-state index is 12.6. The number of rotatable bonds is 11. The molecule has 2 aromatic rings. The molecule has 2 aromatic carbocycles. The Morgan fingerprint density at radius 1 is 0.971 bits per heavy atom. The van der Waals surface area contributed by atoms with Crippen molar-refractivity contribution in [1.29, 1.82) is 0 Å². The van der Waals surface area contributed by atoms with Crippen LogP contribution in [0.5, 0.6) is 11.5 Å². The van der Waals surface area contributed by atoms with Crippen molar-refractivity contribution < 1.29 is 23.8 Å². The lowest BCUT2D eigenvalue weighted by Gasteiger charge is -2.28. The maximum Gasteiger partial charge on any atom is 0.323 e. The number of hydrogen-bond donors (Lipinski definition) is 1. The van der Waals surface area contributed by atoms with E-state index in [0.29, 0.717) is 53.0 Å². The molecule has 1 heterocycles. The van der Waals surface area contributed by atoms with E-state index in [0.717, 1.165) is 13.1 Å². The Kier molecular flexibility index (Phi) is 8.19. The molecule has 1 saturated carbocycles. The van der Waals surface area contributed by atoms with Crippen molar-refractivity contribution in [1.82, 2.24) is 10.2 Å². The predicted octanol–water partition coefficient (Wildman–Crippen LogP) is 3.82. The molecule has 0 bridgehead atoms. The van der Waals surface area contributed by atoms with Gasteiger partial charge >= 0.3 is 5.97 Å². The molecule has 182 valence electrons. The summed E-state index contributed by atoms with van der Waals surface area (Å²) in [5.41, 5.74) is 0. The van der Waals surface area contributed by atoms with Crippen LogP contribution in [0.3, 0.4) is 0 Å². The molecule has 1 aliphatic heterocycles. The van der Waals surface area contributed by atoms with Crippen LogP contribution < -0.4 is 14.8 Å². The summed E-state index contributed by atoms with van der Waals surface area (Å²) in [5.74, 6) is 1.57. The number of carbonyl (C=O) groups excluding carboxylic acids is 2. The van der Waals surface area contributed by atoms with E-state index in [2.05, 4.69) is 10.2 Å². The molecule has 0 aromatic heterocycles. The lowest BCUT2D eigenvalue weighted by molar-refractivity contribution is -0.150. The number of benzene rings is 2. The fourth-order valence-corrected chi connectivity index (χ4v) is 4.69. The fraction of sp³-hybridized carbons (Fsp3) is 0.440. The summed E-state index contributed by atoms with van der Waals surface area (Å²) in [4.78, 5) is 27.0. The van der Waals surface area contributed by atoms with Gasteiger partial charge in [-0.3, -0.25) is 14.5 Å². The Morgan fingerprint density at radius 2 is 1.53 bits per heavy atom. The topological polar surface area (TPSA) is 77.1 Å². The molecule has 4 atom stereocenters. The smallest absolute Gasteiger partial charge is 0.323 e. The molecule has 0 radical (unpaired) electrons. The molecule has 34 heavy (non-hydrogen) atoms. The molecule has 2 fully saturated rings. The average molecular weight is 507 g/mol. The normalized spacial score (nSPS) is 21.9. The van der Waals surface area contributed by atoms with Gasteiger partial charge in [0, 0.05) is 35.6 Å². The zero-order valence-electron chi connectivity index (χ0n) is 18.9. The number of carbonyl (C=O) groups is 2. The Hall–Kier alpha value is -2.48. The van der Waals surface area contributed by atoms with E-state index in [-0.39, 0.29) is 30.6 Å². The summed E-state index contributed by atoms with van der Waals surface area (Å²) >= 11 is 11.8. The van der Waals surface area contributed by atoms with Crippen molar-refractivity contribution in [3.63, 3.8) is 0 Å². The highest BCUT2D eigenvalue weighted by Gasteiger charge is 2.58. The molecule has 1 saturated heterocycles. The molecule has 1 amide bonds. The first kappa shape index (κ1) is 24.6. The minimum atomic E-state index is -0.371. The highest BCUT2D eigenvalue weighted by Crippen LogP contribution is 2.46. The second-order valence-corrected chi connectivity index (χ2v) is 9.35. The predicted molar refractivity (Wildman–Crippen MR) is 129 cm³/mol. The van der Waals surface area contributed by atoms with E-state index in [1.54, 1.807) is 55.5 Å². The van der Waals surface area contributed by atoms with Gasteiger partial charge in [-0.05, 0) is 67.3 Å². The number of halogens is 2. The fourth-order valence-electron chi connectivity index (χ4n) is 4.44. The van der Waals surface area contributed by atoms with Gasteiger partial charge in [0.25, 0.3) is 5.91 Å². The van der Waals surface area contributed by atoms with Crippen LogP contribution >= 0.6 is 23.2 Å². The molecule has 2 aliphatic rings. The lowest BCUT2D eigenvalue weighted by atomic mass is 10.1. The van der Waals surface area contributed by atoms with Gasteiger partial charge in [0.15, 0.2) is 6.61 Å². The molecule has 1 N–H and O–H groups in total. The van der Waals surface area contributed by atoms with Crippen LogP contribution in [-0.4, -0.2) is 61.8 Å². The Balaban J connectivity index is 1.22. The average Bonchev–Trinajstić information content (AvgIpc) is 3.25. The standard InChI is InChI=1S/C25H28Cl2N2O5/c1-2-32-25(31)22(11-12-33-18-7-3-16(26)4-8-18)29-13-20-21(14-29)24(20)28-23(30)15-34-19-9-5-17(27)6-10-19/h3-10,20-22,24H,2,11-15H2,1H3,(H,28,30)/t20-,21+,22?,24?. The van der Waals surface area contributed by atoms with Crippen LogP contribution in [0, 0.1) is 11.8 Å². The second kappa shape index (κ2) is 11.3. The number of hydrogen-bond acceptors (Lipinski definition) is 6. The number of nitrogens with zero attached hydrogens (tertiary/aromatic N) is 1. The van der Waals surface area contributed by atoms with Gasteiger partial charge in [-0.25, -0.2) is 0 Å².